The first-order valence-corrected chi connectivity index (χ1v) is 10.4. The highest BCUT2D eigenvalue weighted by Crippen LogP contribution is 2.27. The van der Waals surface area contributed by atoms with Crippen LogP contribution in [0.4, 0.5) is 5.69 Å². The Kier molecular flexibility index (Phi) is 4.99. The summed E-state index contributed by atoms with van der Waals surface area (Å²) < 4.78 is 2.61. The van der Waals surface area contributed by atoms with E-state index in [0.717, 1.165) is 27.4 Å². The van der Waals surface area contributed by atoms with Gasteiger partial charge in [0, 0.05) is 11.3 Å². The van der Waals surface area contributed by atoms with Crippen LogP contribution < -0.4 is 10.9 Å². The number of fused-ring (bicyclic) bond motifs is 2. The van der Waals surface area contributed by atoms with Crippen LogP contribution in [0.3, 0.4) is 0 Å². The van der Waals surface area contributed by atoms with E-state index in [1.165, 1.54) is 16.4 Å². The standard InChI is InChI=1S/C25H21N5O2/c1-2-17-10-12-19(13-11-17)27-24(31)15-29-25(32)23-14-22(28-30(23)16-26-29)21-9-5-7-18-6-3-4-8-20(18)21/h3-14,16H,2,15H2,1H3,(H,27,31). The van der Waals surface area contributed by atoms with Crippen LogP contribution in [0, 0.1) is 0 Å². The lowest BCUT2D eigenvalue weighted by Crippen LogP contribution is -2.30. The molecule has 2 aromatic heterocycles. The molecule has 2 heterocycles. The number of nitrogens with one attached hydrogen (secondary N) is 1. The summed E-state index contributed by atoms with van der Waals surface area (Å²) in [5.41, 5.74) is 3.48. The van der Waals surface area contributed by atoms with E-state index in [2.05, 4.69) is 22.4 Å². The molecule has 0 unspecified atom stereocenters. The van der Waals surface area contributed by atoms with Crippen LogP contribution in [0.2, 0.25) is 0 Å². The quantitative estimate of drug-likeness (QED) is 0.465. The fourth-order valence-electron chi connectivity index (χ4n) is 3.79. The monoisotopic (exact) mass is 423 g/mol. The highest BCUT2D eigenvalue weighted by molar-refractivity contribution is 5.96. The van der Waals surface area contributed by atoms with E-state index in [1.54, 1.807) is 6.07 Å². The summed E-state index contributed by atoms with van der Waals surface area (Å²) in [4.78, 5) is 25.4. The summed E-state index contributed by atoms with van der Waals surface area (Å²) in [6.07, 6.45) is 2.38. The van der Waals surface area contributed by atoms with E-state index in [1.807, 2.05) is 66.7 Å². The number of hydrogen-bond donors (Lipinski definition) is 1. The van der Waals surface area contributed by atoms with Crippen LogP contribution >= 0.6 is 0 Å². The average Bonchev–Trinajstić information content (AvgIpc) is 3.26. The predicted molar refractivity (Wildman–Crippen MR) is 125 cm³/mol. The first kappa shape index (κ1) is 19.7. The molecule has 32 heavy (non-hydrogen) atoms. The fourth-order valence-corrected chi connectivity index (χ4v) is 3.79. The van der Waals surface area contributed by atoms with Crippen LogP contribution in [-0.4, -0.2) is 25.3 Å². The molecule has 7 nitrogen and oxygen atoms in total. The van der Waals surface area contributed by atoms with Crippen molar-refractivity contribution in [2.24, 2.45) is 0 Å². The third-order valence-corrected chi connectivity index (χ3v) is 5.49. The zero-order chi connectivity index (χ0) is 22.1. The summed E-state index contributed by atoms with van der Waals surface area (Å²) in [5.74, 6) is -0.318. The summed E-state index contributed by atoms with van der Waals surface area (Å²) in [6.45, 7) is 1.89. The van der Waals surface area contributed by atoms with Crippen molar-refractivity contribution in [2.75, 3.05) is 5.32 Å². The first-order chi connectivity index (χ1) is 15.6. The second-order valence-corrected chi connectivity index (χ2v) is 7.58. The predicted octanol–water partition coefficient (Wildman–Crippen LogP) is 3.91. The zero-order valence-corrected chi connectivity index (χ0v) is 17.5. The molecule has 5 rings (SSSR count). The number of hydrogen-bond acceptors (Lipinski definition) is 4. The van der Waals surface area contributed by atoms with Gasteiger partial charge in [0.25, 0.3) is 5.56 Å². The van der Waals surface area contributed by atoms with Gasteiger partial charge in [-0.15, -0.1) is 0 Å². The van der Waals surface area contributed by atoms with E-state index < -0.39 is 0 Å². The van der Waals surface area contributed by atoms with Crippen molar-refractivity contribution in [1.29, 1.82) is 0 Å². The Morgan fingerprint density at radius 3 is 2.59 bits per heavy atom. The highest BCUT2D eigenvalue weighted by Gasteiger charge is 2.14. The summed E-state index contributed by atoms with van der Waals surface area (Å²) >= 11 is 0. The Hall–Kier alpha value is -4.26. The maximum atomic E-state index is 13.0. The zero-order valence-electron chi connectivity index (χ0n) is 17.5. The summed E-state index contributed by atoms with van der Waals surface area (Å²) in [5, 5.41) is 13.6. The minimum absolute atomic E-state index is 0.181. The number of carbonyl (C=O) groups excluding carboxylic acids is 1. The number of anilines is 1. The normalized spacial score (nSPS) is 11.2. The number of benzene rings is 3. The molecule has 158 valence electrons. The van der Waals surface area contributed by atoms with Crippen LogP contribution in [0.5, 0.6) is 0 Å². The van der Waals surface area contributed by atoms with Crippen molar-refractivity contribution in [1.82, 2.24) is 19.4 Å². The molecule has 1 amide bonds. The molecule has 0 saturated heterocycles. The van der Waals surface area contributed by atoms with Gasteiger partial charge in [0.05, 0.1) is 5.69 Å². The third kappa shape index (κ3) is 3.65. The molecule has 1 N–H and O–H groups in total. The van der Waals surface area contributed by atoms with Gasteiger partial charge >= 0.3 is 0 Å². The van der Waals surface area contributed by atoms with Crippen LogP contribution in [0.25, 0.3) is 27.5 Å². The van der Waals surface area contributed by atoms with Gasteiger partial charge < -0.3 is 5.32 Å². The van der Waals surface area contributed by atoms with Gasteiger partial charge in [-0.1, -0.05) is 61.5 Å². The van der Waals surface area contributed by atoms with Gasteiger partial charge in [0.1, 0.15) is 18.4 Å². The van der Waals surface area contributed by atoms with E-state index in [0.29, 0.717) is 16.9 Å². The lowest BCUT2D eigenvalue weighted by molar-refractivity contribution is -0.117. The van der Waals surface area contributed by atoms with Crippen molar-refractivity contribution in [3.05, 3.63) is 95.0 Å². The molecule has 0 saturated carbocycles. The fraction of sp³-hybridized carbons (Fsp3) is 0.120. The van der Waals surface area contributed by atoms with Gasteiger partial charge in [-0.2, -0.15) is 10.2 Å². The number of amides is 1. The lowest BCUT2D eigenvalue weighted by Gasteiger charge is -2.07. The van der Waals surface area contributed by atoms with Crippen molar-refractivity contribution in [3.8, 4) is 11.3 Å². The Morgan fingerprint density at radius 1 is 1.00 bits per heavy atom. The molecule has 0 spiro atoms. The number of aryl methyl sites for hydroxylation is 1. The summed E-state index contributed by atoms with van der Waals surface area (Å²) in [7, 11) is 0. The number of aromatic nitrogens is 4. The van der Waals surface area contributed by atoms with Crippen LogP contribution in [0.15, 0.2) is 83.9 Å². The average molecular weight is 423 g/mol. The molecule has 7 heteroatoms. The maximum absolute atomic E-state index is 13.0. The molecule has 0 aliphatic rings. The minimum atomic E-state index is -0.372. The Balaban J connectivity index is 1.44. The number of carbonyl (C=O) groups is 1. The second-order valence-electron chi connectivity index (χ2n) is 7.58. The van der Waals surface area contributed by atoms with Gasteiger partial charge in [0.15, 0.2) is 0 Å². The molecular formula is C25H21N5O2. The molecule has 0 fully saturated rings. The molecule has 3 aromatic carbocycles. The minimum Gasteiger partial charge on any atom is -0.324 e. The second kappa shape index (κ2) is 8.11. The Morgan fingerprint density at radius 2 is 1.78 bits per heavy atom. The van der Waals surface area contributed by atoms with Crippen molar-refractivity contribution < 1.29 is 4.79 Å². The molecule has 0 bridgehead atoms. The van der Waals surface area contributed by atoms with E-state index in [4.69, 9.17) is 0 Å². The molecule has 0 radical (unpaired) electrons. The first-order valence-electron chi connectivity index (χ1n) is 10.4. The van der Waals surface area contributed by atoms with E-state index in [-0.39, 0.29) is 18.0 Å². The SMILES string of the molecule is CCc1ccc(NC(=O)Cn2ncn3nc(-c4cccc5ccccc45)cc3c2=O)cc1. The molecule has 0 aliphatic heterocycles. The molecule has 0 atom stereocenters. The van der Waals surface area contributed by atoms with E-state index >= 15 is 0 Å². The topological polar surface area (TPSA) is 81.3 Å². The number of nitrogens with zero attached hydrogens (tertiary/aromatic N) is 4. The van der Waals surface area contributed by atoms with Gasteiger partial charge in [-0.05, 0) is 41.0 Å². The van der Waals surface area contributed by atoms with Gasteiger partial charge in [-0.3, -0.25) is 9.59 Å². The van der Waals surface area contributed by atoms with Crippen molar-refractivity contribution >= 4 is 27.9 Å². The Bertz CT molecular complexity index is 1490. The van der Waals surface area contributed by atoms with Crippen molar-refractivity contribution in [3.63, 3.8) is 0 Å². The summed E-state index contributed by atoms with van der Waals surface area (Å²) in [6, 6.07) is 23.4. The van der Waals surface area contributed by atoms with Crippen LogP contribution in [0.1, 0.15) is 12.5 Å². The molecular weight excluding hydrogens is 402 g/mol. The van der Waals surface area contributed by atoms with Crippen molar-refractivity contribution in [2.45, 2.75) is 19.9 Å². The maximum Gasteiger partial charge on any atom is 0.293 e. The van der Waals surface area contributed by atoms with Gasteiger partial charge in [0.2, 0.25) is 5.91 Å². The lowest BCUT2D eigenvalue weighted by atomic mass is 10.0. The largest absolute Gasteiger partial charge is 0.324 e. The van der Waals surface area contributed by atoms with E-state index in [9.17, 15) is 9.59 Å². The molecule has 0 aliphatic carbocycles. The highest BCUT2D eigenvalue weighted by atomic mass is 16.2. The third-order valence-electron chi connectivity index (χ3n) is 5.49. The number of rotatable bonds is 5. The van der Waals surface area contributed by atoms with Crippen LogP contribution in [-0.2, 0) is 17.8 Å². The smallest absolute Gasteiger partial charge is 0.293 e. The van der Waals surface area contributed by atoms with Gasteiger partial charge in [-0.25, -0.2) is 9.20 Å². The molecule has 5 aromatic rings. The Labute approximate surface area is 183 Å².